The van der Waals surface area contributed by atoms with E-state index in [1.54, 1.807) is 6.92 Å². The predicted molar refractivity (Wildman–Crippen MR) is 52.6 cm³/mol. The smallest absolute Gasteiger partial charge is 0.232 e. The lowest BCUT2D eigenvalue weighted by Crippen LogP contribution is -2.63. The van der Waals surface area contributed by atoms with Crippen LogP contribution in [0.4, 0.5) is 0 Å². The summed E-state index contributed by atoms with van der Waals surface area (Å²) in [5.41, 5.74) is 0. The van der Waals surface area contributed by atoms with Crippen LogP contribution in [0.3, 0.4) is 0 Å². The van der Waals surface area contributed by atoms with Crippen LogP contribution in [0.2, 0.25) is 0 Å². The van der Waals surface area contributed by atoms with E-state index in [9.17, 15) is 9.90 Å². The highest BCUT2D eigenvalue weighted by atomic mass is 16.5. The molecule has 0 aliphatic carbocycles. The molecule has 1 saturated heterocycles. The summed E-state index contributed by atoms with van der Waals surface area (Å²) in [6.45, 7) is 4.40. The van der Waals surface area contributed by atoms with Gasteiger partial charge in [0, 0.05) is 6.61 Å². The molecule has 0 bridgehead atoms. The summed E-state index contributed by atoms with van der Waals surface area (Å²) < 4.78 is 5.43. The molecule has 4 heteroatoms. The lowest BCUT2D eigenvalue weighted by atomic mass is 9.93. The van der Waals surface area contributed by atoms with E-state index in [1.807, 2.05) is 0 Å². The second-order valence-corrected chi connectivity index (χ2v) is 3.77. The molecule has 0 aromatic rings. The Morgan fingerprint density at radius 3 is 2.79 bits per heavy atom. The van der Waals surface area contributed by atoms with Crippen molar-refractivity contribution in [3.63, 3.8) is 0 Å². The van der Waals surface area contributed by atoms with Gasteiger partial charge in [-0.1, -0.05) is 19.8 Å². The fraction of sp³-hybridized carbons (Fsp3) is 0.900. The zero-order valence-electron chi connectivity index (χ0n) is 8.82. The number of ether oxygens (including phenoxy) is 1. The fourth-order valence-corrected chi connectivity index (χ4v) is 1.55. The van der Waals surface area contributed by atoms with E-state index in [0.29, 0.717) is 6.61 Å². The van der Waals surface area contributed by atoms with Gasteiger partial charge in [0.1, 0.15) is 12.1 Å². The number of aliphatic hydroxyl groups excluding tert-OH is 1. The highest BCUT2D eigenvalue weighted by molar-refractivity contribution is 5.85. The van der Waals surface area contributed by atoms with E-state index >= 15 is 0 Å². The third-order valence-corrected chi connectivity index (χ3v) is 2.48. The van der Waals surface area contributed by atoms with E-state index in [1.165, 1.54) is 0 Å². The van der Waals surface area contributed by atoms with Crippen molar-refractivity contribution in [1.82, 2.24) is 5.32 Å². The molecule has 1 heterocycles. The maximum atomic E-state index is 11.0. The van der Waals surface area contributed by atoms with E-state index in [0.717, 1.165) is 19.3 Å². The normalized spacial score (nSPS) is 28.1. The number of β-lactam (4-membered cyclic amide) rings is 1. The van der Waals surface area contributed by atoms with Crippen molar-refractivity contribution < 1.29 is 14.6 Å². The Balaban J connectivity index is 2.16. The van der Waals surface area contributed by atoms with Gasteiger partial charge in [0.25, 0.3) is 0 Å². The minimum absolute atomic E-state index is 0.111. The molecular formula is C10H19NO3. The molecule has 82 valence electrons. The number of nitrogens with one attached hydrogen (secondary N) is 1. The molecule has 4 nitrogen and oxygen atoms in total. The Morgan fingerprint density at radius 1 is 1.57 bits per heavy atom. The van der Waals surface area contributed by atoms with Crippen LogP contribution in [0.1, 0.15) is 33.1 Å². The van der Waals surface area contributed by atoms with Crippen LogP contribution in [0.25, 0.3) is 0 Å². The van der Waals surface area contributed by atoms with Gasteiger partial charge in [-0.15, -0.1) is 0 Å². The highest BCUT2D eigenvalue weighted by Crippen LogP contribution is 2.20. The molecule has 0 radical (unpaired) electrons. The molecule has 3 unspecified atom stereocenters. The van der Waals surface area contributed by atoms with Gasteiger partial charge >= 0.3 is 0 Å². The number of hydrogen-bond acceptors (Lipinski definition) is 3. The van der Waals surface area contributed by atoms with Crippen LogP contribution < -0.4 is 5.32 Å². The predicted octanol–water partition coefficient (Wildman–Crippen LogP) is 0.646. The van der Waals surface area contributed by atoms with Gasteiger partial charge in [0.2, 0.25) is 5.91 Å². The van der Waals surface area contributed by atoms with Crippen molar-refractivity contribution in [1.29, 1.82) is 0 Å². The van der Waals surface area contributed by atoms with Crippen LogP contribution in [0, 0.1) is 5.92 Å². The molecule has 0 aromatic heterocycles. The Morgan fingerprint density at radius 2 is 2.29 bits per heavy atom. The first-order chi connectivity index (χ1) is 6.66. The number of amides is 1. The minimum atomic E-state index is -0.625. The Hall–Kier alpha value is -0.610. The largest absolute Gasteiger partial charge is 0.392 e. The summed E-state index contributed by atoms with van der Waals surface area (Å²) in [6, 6.07) is 0. The highest BCUT2D eigenvalue weighted by Gasteiger charge is 2.43. The van der Waals surface area contributed by atoms with Crippen LogP contribution in [-0.4, -0.2) is 30.0 Å². The van der Waals surface area contributed by atoms with Crippen molar-refractivity contribution in [2.24, 2.45) is 5.92 Å². The Bertz CT molecular complexity index is 194. The average molecular weight is 201 g/mol. The lowest BCUT2D eigenvalue weighted by molar-refractivity contribution is -0.163. The van der Waals surface area contributed by atoms with Crippen LogP contribution in [0.15, 0.2) is 0 Å². The lowest BCUT2D eigenvalue weighted by Gasteiger charge is -2.37. The second-order valence-electron chi connectivity index (χ2n) is 3.77. The molecular weight excluding hydrogens is 182 g/mol. The van der Waals surface area contributed by atoms with Gasteiger partial charge in [-0.25, -0.2) is 0 Å². The first-order valence-corrected chi connectivity index (χ1v) is 5.27. The molecule has 0 saturated carbocycles. The van der Waals surface area contributed by atoms with Crippen molar-refractivity contribution in [2.75, 3.05) is 6.61 Å². The quantitative estimate of drug-likeness (QED) is 0.490. The number of carbonyl (C=O) groups excluding carboxylic acids is 1. The van der Waals surface area contributed by atoms with E-state index in [4.69, 9.17) is 4.74 Å². The molecule has 1 aliphatic heterocycles. The zero-order valence-corrected chi connectivity index (χ0v) is 8.82. The fourth-order valence-electron chi connectivity index (χ4n) is 1.55. The first kappa shape index (κ1) is 11.5. The molecule has 1 amide bonds. The Kier molecular flexibility index (Phi) is 4.35. The topological polar surface area (TPSA) is 58.6 Å². The van der Waals surface area contributed by atoms with Crippen LogP contribution in [0.5, 0.6) is 0 Å². The number of aliphatic hydroxyl groups is 1. The van der Waals surface area contributed by atoms with Crippen LogP contribution in [-0.2, 0) is 9.53 Å². The van der Waals surface area contributed by atoms with Gasteiger partial charge in [0.15, 0.2) is 0 Å². The molecule has 1 fully saturated rings. The molecule has 1 rings (SSSR count). The average Bonchev–Trinajstić information content (AvgIpc) is 2.08. The number of unbranched alkanes of at least 4 members (excludes halogenated alkanes) is 2. The van der Waals surface area contributed by atoms with Gasteiger partial charge in [-0.3, -0.25) is 4.79 Å². The molecule has 1 aliphatic rings. The summed E-state index contributed by atoms with van der Waals surface area (Å²) in [7, 11) is 0. The molecule has 14 heavy (non-hydrogen) atoms. The number of hydrogen-bond donors (Lipinski definition) is 2. The van der Waals surface area contributed by atoms with E-state index in [-0.39, 0.29) is 18.1 Å². The van der Waals surface area contributed by atoms with Gasteiger partial charge < -0.3 is 15.2 Å². The van der Waals surface area contributed by atoms with Crippen molar-refractivity contribution in [3.05, 3.63) is 0 Å². The number of carbonyl (C=O) groups is 1. The number of rotatable bonds is 6. The van der Waals surface area contributed by atoms with Gasteiger partial charge in [-0.2, -0.15) is 0 Å². The standard InChI is InChI=1S/C10H19NO3/c1-3-4-5-6-14-10-8(7(2)12)9(13)11-10/h7-8,10,12H,3-6H2,1-2H3,(H,11,13). The maximum absolute atomic E-state index is 11.0. The Labute approximate surface area is 84.6 Å². The summed E-state index contributed by atoms with van der Waals surface area (Å²) in [4.78, 5) is 11.0. The second kappa shape index (κ2) is 5.32. The van der Waals surface area contributed by atoms with E-state index < -0.39 is 6.10 Å². The molecule has 0 aromatic carbocycles. The van der Waals surface area contributed by atoms with Crippen molar-refractivity contribution >= 4 is 5.91 Å². The summed E-state index contributed by atoms with van der Waals surface area (Å²) in [5.74, 6) is -0.489. The van der Waals surface area contributed by atoms with E-state index in [2.05, 4.69) is 12.2 Å². The molecule has 2 N–H and O–H groups in total. The zero-order chi connectivity index (χ0) is 10.6. The first-order valence-electron chi connectivity index (χ1n) is 5.27. The van der Waals surface area contributed by atoms with Crippen molar-refractivity contribution in [3.8, 4) is 0 Å². The third kappa shape index (κ3) is 2.69. The monoisotopic (exact) mass is 201 g/mol. The van der Waals surface area contributed by atoms with Gasteiger partial charge in [-0.05, 0) is 13.3 Å². The summed E-state index contributed by atoms with van der Waals surface area (Å²) in [5, 5.41) is 11.9. The third-order valence-electron chi connectivity index (χ3n) is 2.48. The maximum Gasteiger partial charge on any atom is 0.232 e. The summed E-state index contributed by atoms with van der Waals surface area (Å²) >= 11 is 0. The van der Waals surface area contributed by atoms with Gasteiger partial charge in [0.05, 0.1) is 6.10 Å². The molecule has 3 atom stereocenters. The van der Waals surface area contributed by atoms with Crippen molar-refractivity contribution in [2.45, 2.75) is 45.4 Å². The minimum Gasteiger partial charge on any atom is -0.392 e. The SMILES string of the molecule is CCCCCOC1NC(=O)C1C(C)O. The van der Waals surface area contributed by atoms with Crippen LogP contribution >= 0.6 is 0 Å². The molecule has 0 spiro atoms. The summed E-state index contributed by atoms with van der Waals surface area (Å²) in [6.07, 6.45) is 2.40.